The Labute approximate surface area is 171 Å². The van der Waals surface area contributed by atoms with Crippen LogP contribution < -0.4 is 16.4 Å². The van der Waals surface area contributed by atoms with E-state index in [2.05, 4.69) is 10.6 Å². The number of halogens is 1. The molecule has 1 aliphatic heterocycles. The zero-order chi connectivity index (χ0) is 19.1. The first-order valence-corrected chi connectivity index (χ1v) is 9.21. The maximum absolute atomic E-state index is 12.3. The Morgan fingerprint density at radius 2 is 1.75 bits per heavy atom. The van der Waals surface area contributed by atoms with Gasteiger partial charge in [0.05, 0.1) is 6.10 Å². The molecular formula is C21H26ClN3O3. The quantitative estimate of drug-likeness (QED) is 0.661. The number of carbonyl (C=O) groups is 2. The lowest BCUT2D eigenvalue weighted by molar-refractivity contribution is 0.0857. The normalized spacial score (nSPS) is 15.5. The van der Waals surface area contributed by atoms with Crippen LogP contribution in [0.5, 0.6) is 0 Å². The Balaban J connectivity index is 0.00000280. The molecule has 6 nitrogen and oxygen atoms in total. The van der Waals surface area contributed by atoms with E-state index in [-0.39, 0.29) is 30.3 Å². The monoisotopic (exact) mass is 403 g/mol. The largest absolute Gasteiger partial charge is 0.376 e. The lowest BCUT2D eigenvalue weighted by Gasteiger charge is -2.11. The van der Waals surface area contributed by atoms with E-state index in [0.717, 1.165) is 30.6 Å². The summed E-state index contributed by atoms with van der Waals surface area (Å²) in [5.41, 5.74) is 8.57. The van der Waals surface area contributed by atoms with Crippen LogP contribution in [0.15, 0.2) is 48.5 Å². The second kappa shape index (κ2) is 10.8. The molecule has 2 amide bonds. The highest BCUT2D eigenvalue weighted by atomic mass is 35.5. The highest BCUT2D eigenvalue weighted by Crippen LogP contribution is 2.11. The van der Waals surface area contributed by atoms with Gasteiger partial charge in [0.1, 0.15) is 0 Å². The van der Waals surface area contributed by atoms with E-state index in [9.17, 15) is 9.59 Å². The Morgan fingerprint density at radius 1 is 1.00 bits per heavy atom. The fourth-order valence-corrected chi connectivity index (χ4v) is 3.01. The molecule has 7 heteroatoms. The third-order valence-corrected chi connectivity index (χ3v) is 4.61. The first-order valence-electron chi connectivity index (χ1n) is 9.21. The number of nitrogens with one attached hydrogen (secondary N) is 2. The highest BCUT2D eigenvalue weighted by molar-refractivity contribution is 5.95. The summed E-state index contributed by atoms with van der Waals surface area (Å²) in [6, 6.07) is 14.5. The van der Waals surface area contributed by atoms with Crippen LogP contribution in [0.4, 0.5) is 0 Å². The minimum absolute atomic E-state index is 0. The predicted molar refractivity (Wildman–Crippen MR) is 111 cm³/mol. The van der Waals surface area contributed by atoms with Crippen molar-refractivity contribution in [2.75, 3.05) is 13.2 Å². The molecule has 1 unspecified atom stereocenters. The van der Waals surface area contributed by atoms with Crippen LogP contribution in [0.3, 0.4) is 0 Å². The second-order valence-electron chi connectivity index (χ2n) is 6.63. The van der Waals surface area contributed by atoms with Gasteiger partial charge in [-0.2, -0.15) is 0 Å². The Kier molecular flexibility index (Phi) is 8.44. The number of nitrogens with two attached hydrogens (primary N) is 1. The van der Waals surface area contributed by atoms with Crippen molar-refractivity contribution in [1.82, 2.24) is 10.6 Å². The third-order valence-electron chi connectivity index (χ3n) is 4.61. The van der Waals surface area contributed by atoms with Crippen molar-refractivity contribution in [1.29, 1.82) is 0 Å². The van der Waals surface area contributed by atoms with Gasteiger partial charge in [0, 0.05) is 37.4 Å². The molecule has 0 bridgehead atoms. The lowest BCUT2D eigenvalue weighted by Crippen LogP contribution is -2.31. The summed E-state index contributed by atoms with van der Waals surface area (Å²) in [7, 11) is 0. The Bertz CT molecular complexity index is 790. The van der Waals surface area contributed by atoms with Crippen molar-refractivity contribution < 1.29 is 14.3 Å². The smallest absolute Gasteiger partial charge is 0.251 e. The van der Waals surface area contributed by atoms with Crippen LogP contribution in [-0.2, 0) is 17.8 Å². The third kappa shape index (κ3) is 6.05. The van der Waals surface area contributed by atoms with Gasteiger partial charge in [-0.05, 0) is 48.2 Å². The fraction of sp³-hybridized carbons (Fsp3) is 0.333. The van der Waals surface area contributed by atoms with E-state index < -0.39 is 0 Å². The molecule has 0 aliphatic carbocycles. The molecular weight excluding hydrogens is 378 g/mol. The summed E-state index contributed by atoms with van der Waals surface area (Å²) in [6.45, 7) is 2.09. The molecule has 2 aromatic carbocycles. The summed E-state index contributed by atoms with van der Waals surface area (Å²) >= 11 is 0. The van der Waals surface area contributed by atoms with E-state index in [4.69, 9.17) is 10.5 Å². The number of ether oxygens (including phenoxy) is 1. The van der Waals surface area contributed by atoms with Gasteiger partial charge in [-0.3, -0.25) is 9.59 Å². The zero-order valence-corrected chi connectivity index (χ0v) is 16.5. The number of hydrogen-bond donors (Lipinski definition) is 3. The van der Waals surface area contributed by atoms with Crippen molar-refractivity contribution in [3.8, 4) is 0 Å². The van der Waals surface area contributed by atoms with Crippen LogP contribution in [0, 0.1) is 0 Å². The van der Waals surface area contributed by atoms with Gasteiger partial charge >= 0.3 is 0 Å². The van der Waals surface area contributed by atoms with Crippen molar-refractivity contribution in [2.45, 2.75) is 32.0 Å². The van der Waals surface area contributed by atoms with Crippen LogP contribution in [-0.4, -0.2) is 31.1 Å². The lowest BCUT2D eigenvalue weighted by atomic mass is 10.1. The first-order chi connectivity index (χ1) is 13.2. The zero-order valence-electron chi connectivity index (χ0n) is 15.6. The SMILES string of the molecule is Cl.NCc1ccc(C(=O)NCc2cccc(C(=O)NCC3CCCO3)c2)cc1. The van der Waals surface area contributed by atoms with Crippen molar-refractivity contribution in [3.63, 3.8) is 0 Å². The number of rotatable bonds is 7. The molecule has 1 heterocycles. The molecule has 3 rings (SSSR count). The van der Waals surface area contributed by atoms with Gasteiger partial charge in [0.25, 0.3) is 11.8 Å². The van der Waals surface area contributed by atoms with Crippen molar-refractivity contribution >= 4 is 24.2 Å². The Morgan fingerprint density at radius 3 is 2.43 bits per heavy atom. The summed E-state index contributed by atoms with van der Waals surface area (Å²) in [4.78, 5) is 24.6. The van der Waals surface area contributed by atoms with Crippen molar-refractivity contribution in [3.05, 3.63) is 70.8 Å². The summed E-state index contributed by atoms with van der Waals surface area (Å²) < 4.78 is 5.52. The van der Waals surface area contributed by atoms with Crippen LogP contribution >= 0.6 is 12.4 Å². The summed E-state index contributed by atoms with van der Waals surface area (Å²) in [5.74, 6) is -0.289. The van der Waals surface area contributed by atoms with E-state index in [1.807, 2.05) is 24.3 Å². The van der Waals surface area contributed by atoms with Gasteiger partial charge in [0.2, 0.25) is 0 Å². The molecule has 28 heavy (non-hydrogen) atoms. The standard InChI is InChI=1S/C21H25N3O3.ClH/c22-12-15-6-8-17(9-7-15)20(25)23-13-16-3-1-4-18(11-16)21(26)24-14-19-5-2-10-27-19;/h1,3-4,6-9,11,19H,2,5,10,12-14,22H2,(H,23,25)(H,24,26);1H. The second-order valence-corrected chi connectivity index (χ2v) is 6.63. The van der Waals surface area contributed by atoms with Crippen molar-refractivity contribution in [2.24, 2.45) is 5.73 Å². The molecule has 1 aliphatic rings. The van der Waals surface area contributed by atoms with Gasteiger partial charge in [-0.1, -0.05) is 24.3 Å². The average molecular weight is 404 g/mol. The van der Waals surface area contributed by atoms with Crippen LogP contribution in [0.25, 0.3) is 0 Å². The maximum atomic E-state index is 12.3. The molecule has 0 radical (unpaired) electrons. The van der Waals surface area contributed by atoms with Crippen LogP contribution in [0.1, 0.15) is 44.7 Å². The summed E-state index contributed by atoms with van der Waals surface area (Å²) in [6.07, 6.45) is 2.14. The molecule has 4 N–H and O–H groups in total. The average Bonchev–Trinajstić information content (AvgIpc) is 3.24. The molecule has 0 saturated carbocycles. The minimum Gasteiger partial charge on any atom is -0.376 e. The molecule has 1 saturated heterocycles. The molecule has 2 aromatic rings. The molecule has 1 atom stereocenters. The van der Waals surface area contributed by atoms with E-state index in [1.165, 1.54) is 0 Å². The number of hydrogen-bond acceptors (Lipinski definition) is 4. The predicted octanol–water partition coefficient (Wildman–Crippen LogP) is 2.41. The molecule has 0 spiro atoms. The van der Waals surface area contributed by atoms with E-state index in [0.29, 0.717) is 30.8 Å². The molecule has 0 aromatic heterocycles. The van der Waals surface area contributed by atoms with Gasteiger partial charge in [0.15, 0.2) is 0 Å². The van der Waals surface area contributed by atoms with Crippen LogP contribution in [0.2, 0.25) is 0 Å². The van der Waals surface area contributed by atoms with E-state index in [1.54, 1.807) is 24.3 Å². The highest BCUT2D eigenvalue weighted by Gasteiger charge is 2.16. The Hall–Kier alpha value is -2.41. The maximum Gasteiger partial charge on any atom is 0.251 e. The number of carbonyl (C=O) groups excluding carboxylic acids is 2. The minimum atomic E-state index is -0.160. The fourth-order valence-electron chi connectivity index (χ4n) is 3.01. The molecule has 150 valence electrons. The number of amides is 2. The van der Waals surface area contributed by atoms with Gasteiger partial charge in [-0.15, -0.1) is 12.4 Å². The summed E-state index contributed by atoms with van der Waals surface area (Å²) in [5, 5.41) is 5.78. The first kappa shape index (κ1) is 21.9. The van der Waals surface area contributed by atoms with Gasteiger partial charge in [-0.25, -0.2) is 0 Å². The van der Waals surface area contributed by atoms with E-state index >= 15 is 0 Å². The number of benzene rings is 2. The topological polar surface area (TPSA) is 93.5 Å². The van der Waals surface area contributed by atoms with Gasteiger partial charge < -0.3 is 21.1 Å². The molecule has 1 fully saturated rings.